The molecule has 1 fully saturated rings. The maximum absolute atomic E-state index is 10.0. The summed E-state index contributed by atoms with van der Waals surface area (Å²) in [4.78, 5) is 2.62. The van der Waals surface area contributed by atoms with Crippen molar-refractivity contribution < 1.29 is 5.11 Å². The second-order valence-corrected chi connectivity index (χ2v) is 6.28. The SMILES string of the molecule is Oc1cccc2c1CC[C@H]1[C@H]2CCCN1C/C=C/I. The van der Waals surface area contributed by atoms with Crippen molar-refractivity contribution in [1.29, 1.82) is 0 Å². The van der Waals surface area contributed by atoms with Crippen LogP contribution in [0.25, 0.3) is 0 Å². The Hall–Kier alpha value is -0.550. The third kappa shape index (κ3) is 2.55. The second kappa shape index (κ2) is 5.83. The normalized spacial score (nSPS) is 27.2. The third-order valence-electron chi connectivity index (χ3n) is 4.60. The summed E-state index contributed by atoms with van der Waals surface area (Å²) in [6.07, 6.45) is 7.00. The molecule has 0 unspecified atom stereocenters. The summed E-state index contributed by atoms with van der Waals surface area (Å²) in [6, 6.07) is 6.72. The van der Waals surface area contributed by atoms with Gasteiger partial charge in [-0.05, 0) is 59.4 Å². The van der Waals surface area contributed by atoms with Crippen LogP contribution in [0.4, 0.5) is 0 Å². The van der Waals surface area contributed by atoms with Crippen LogP contribution in [0.5, 0.6) is 5.75 Å². The lowest BCUT2D eigenvalue weighted by molar-refractivity contribution is 0.126. The Balaban J connectivity index is 1.89. The van der Waals surface area contributed by atoms with Gasteiger partial charge in [0.2, 0.25) is 0 Å². The van der Waals surface area contributed by atoms with E-state index in [9.17, 15) is 5.11 Å². The summed E-state index contributed by atoms with van der Waals surface area (Å²) in [5, 5.41) is 10.0. The number of fused-ring (bicyclic) bond motifs is 3. The highest BCUT2D eigenvalue weighted by Gasteiger charge is 2.36. The minimum Gasteiger partial charge on any atom is -0.508 e. The Kier molecular flexibility index (Phi) is 4.12. The number of aromatic hydroxyl groups is 1. The second-order valence-electron chi connectivity index (χ2n) is 5.56. The smallest absolute Gasteiger partial charge is 0.119 e. The molecule has 1 aromatic carbocycles. The Morgan fingerprint density at radius 1 is 1.37 bits per heavy atom. The molecule has 1 N–H and O–H groups in total. The lowest BCUT2D eigenvalue weighted by Gasteiger charge is -2.44. The van der Waals surface area contributed by atoms with Gasteiger partial charge in [0.15, 0.2) is 0 Å². The van der Waals surface area contributed by atoms with Crippen molar-refractivity contribution in [3.63, 3.8) is 0 Å². The molecule has 19 heavy (non-hydrogen) atoms. The van der Waals surface area contributed by atoms with Gasteiger partial charge in [0.05, 0.1) is 0 Å². The van der Waals surface area contributed by atoms with Gasteiger partial charge in [-0.25, -0.2) is 0 Å². The van der Waals surface area contributed by atoms with E-state index in [4.69, 9.17) is 0 Å². The molecule has 0 amide bonds. The largest absolute Gasteiger partial charge is 0.508 e. The molecule has 1 aliphatic carbocycles. The fraction of sp³-hybridized carbons (Fsp3) is 0.500. The van der Waals surface area contributed by atoms with E-state index in [1.165, 1.54) is 36.9 Å². The predicted molar refractivity (Wildman–Crippen MR) is 86.9 cm³/mol. The van der Waals surface area contributed by atoms with Gasteiger partial charge in [0.25, 0.3) is 0 Å². The Bertz CT molecular complexity index is 486. The lowest BCUT2D eigenvalue weighted by Crippen LogP contribution is -2.46. The zero-order chi connectivity index (χ0) is 13.2. The van der Waals surface area contributed by atoms with Gasteiger partial charge >= 0.3 is 0 Å². The summed E-state index contributed by atoms with van der Waals surface area (Å²) < 4.78 is 2.12. The van der Waals surface area contributed by atoms with Crippen molar-refractivity contribution >= 4 is 22.6 Å². The zero-order valence-electron chi connectivity index (χ0n) is 11.1. The number of hydrogen-bond acceptors (Lipinski definition) is 2. The number of nitrogens with zero attached hydrogens (tertiary/aromatic N) is 1. The third-order valence-corrected chi connectivity index (χ3v) is 5.11. The standard InChI is InChI=1S/C16H20INO/c17-9-3-11-18-10-2-5-13-12-4-1-6-16(19)14(12)7-8-15(13)18/h1,3-4,6,9,13,15,19H,2,5,7-8,10-11H2/b9-3+/t13-,15-/m0/s1. The van der Waals surface area contributed by atoms with Crippen LogP contribution in [-0.4, -0.2) is 29.1 Å². The first-order chi connectivity index (χ1) is 9.31. The topological polar surface area (TPSA) is 23.5 Å². The lowest BCUT2D eigenvalue weighted by atomic mass is 9.74. The Morgan fingerprint density at radius 2 is 2.26 bits per heavy atom. The van der Waals surface area contributed by atoms with Gasteiger partial charge in [-0.2, -0.15) is 0 Å². The van der Waals surface area contributed by atoms with Crippen LogP contribution in [0.2, 0.25) is 0 Å². The van der Waals surface area contributed by atoms with Crippen LogP contribution >= 0.6 is 22.6 Å². The van der Waals surface area contributed by atoms with E-state index in [2.05, 4.69) is 43.7 Å². The van der Waals surface area contributed by atoms with Crippen LogP contribution in [0.15, 0.2) is 28.4 Å². The van der Waals surface area contributed by atoms with Gasteiger partial charge in [0, 0.05) is 12.6 Å². The van der Waals surface area contributed by atoms with Crippen LogP contribution in [0.1, 0.15) is 36.3 Å². The molecule has 0 saturated carbocycles. The van der Waals surface area contributed by atoms with E-state index in [1.807, 2.05) is 12.1 Å². The fourth-order valence-electron chi connectivity index (χ4n) is 3.78. The van der Waals surface area contributed by atoms with Crippen molar-refractivity contribution in [1.82, 2.24) is 4.90 Å². The number of hydrogen-bond donors (Lipinski definition) is 1. The van der Waals surface area contributed by atoms with E-state index in [0.29, 0.717) is 17.7 Å². The highest BCUT2D eigenvalue weighted by atomic mass is 127. The minimum atomic E-state index is 0.500. The summed E-state index contributed by atoms with van der Waals surface area (Å²) >= 11 is 2.30. The summed E-state index contributed by atoms with van der Waals surface area (Å²) in [7, 11) is 0. The van der Waals surface area contributed by atoms with Crippen LogP contribution < -0.4 is 0 Å². The first-order valence-corrected chi connectivity index (χ1v) is 8.36. The monoisotopic (exact) mass is 369 g/mol. The van der Waals surface area contributed by atoms with Crippen molar-refractivity contribution in [2.45, 2.75) is 37.6 Å². The molecule has 102 valence electrons. The molecule has 0 aromatic heterocycles. The Morgan fingerprint density at radius 3 is 3.11 bits per heavy atom. The molecular weight excluding hydrogens is 349 g/mol. The maximum Gasteiger partial charge on any atom is 0.119 e. The van der Waals surface area contributed by atoms with Gasteiger partial charge in [-0.1, -0.05) is 40.8 Å². The quantitative estimate of drug-likeness (QED) is 0.801. The minimum absolute atomic E-state index is 0.500. The van der Waals surface area contributed by atoms with Crippen LogP contribution in [-0.2, 0) is 6.42 Å². The number of piperidine rings is 1. The number of phenols is 1. The fourth-order valence-corrected chi connectivity index (χ4v) is 4.01. The highest BCUT2D eigenvalue weighted by Crippen LogP contribution is 2.42. The number of phenolic OH excluding ortho intramolecular Hbond substituents is 1. The molecule has 0 spiro atoms. The first kappa shape index (κ1) is 13.4. The van der Waals surface area contributed by atoms with Crippen molar-refractivity contribution in [3.8, 4) is 5.75 Å². The van der Waals surface area contributed by atoms with Crippen molar-refractivity contribution in [2.24, 2.45) is 0 Å². The van der Waals surface area contributed by atoms with E-state index < -0.39 is 0 Å². The molecule has 2 atom stereocenters. The van der Waals surface area contributed by atoms with E-state index in [1.54, 1.807) is 0 Å². The van der Waals surface area contributed by atoms with Gasteiger partial charge < -0.3 is 5.11 Å². The van der Waals surface area contributed by atoms with Gasteiger partial charge in [0.1, 0.15) is 5.75 Å². The average Bonchev–Trinajstić information content (AvgIpc) is 2.45. The molecule has 2 aliphatic rings. The average molecular weight is 369 g/mol. The van der Waals surface area contributed by atoms with Crippen LogP contribution in [0.3, 0.4) is 0 Å². The van der Waals surface area contributed by atoms with Gasteiger partial charge in [-0.15, -0.1) is 0 Å². The molecule has 0 radical (unpaired) electrons. The summed E-state index contributed by atoms with van der Waals surface area (Å²) in [5.41, 5.74) is 2.61. The Labute approximate surface area is 128 Å². The van der Waals surface area contributed by atoms with Gasteiger partial charge in [-0.3, -0.25) is 4.90 Å². The molecule has 0 bridgehead atoms. The predicted octanol–water partition coefficient (Wildman–Crippen LogP) is 3.84. The van der Waals surface area contributed by atoms with E-state index in [0.717, 1.165) is 13.0 Å². The van der Waals surface area contributed by atoms with Crippen LogP contribution in [0, 0.1) is 0 Å². The summed E-state index contributed by atoms with van der Waals surface area (Å²) in [5.74, 6) is 1.12. The molecule has 1 aliphatic heterocycles. The van der Waals surface area contributed by atoms with E-state index >= 15 is 0 Å². The first-order valence-electron chi connectivity index (χ1n) is 7.11. The van der Waals surface area contributed by atoms with E-state index in [-0.39, 0.29) is 0 Å². The summed E-state index contributed by atoms with van der Waals surface area (Å²) in [6.45, 7) is 2.29. The molecule has 3 heteroatoms. The van der Waals surface area contributed by atoms with Crippen molar-refractivity contribution in [2.75, 3.05) is 13.1 Å². The molecule has 3 rings (SSSR count). The molecule has 2 nitrogen and oxygen atoms in total. The number of likely N-dealkylation sites (tertiary alicyclic amines) is 1. The molecular formula is C16H20INO. The number of rotatable bonds is 2. The maximum atomic E-state index is 10.0. The molecule has 1 aromatic rings. The van der Waals surface area contributed by atoms with Crippen molar-refractivity contribution in [3.05, 3.63) is 39.5 Å². The zero-order valence-corrected chi connectivity index (χ0v) is 13.2. The molecule has 1 heterocycles. The number of halogens is 1. The molecule has 1 saturated heterocycles. The highest BCUT2D eigenvalue weighted by molar-refractivity contribution is 14.1. The number of benzene rings is 1.